The minimum absolute atomic E-state index is 0.0740. The van der Waals surface area contributed by atoms with Crippen LogP contribution in [0.3, 0.4) is 0 Å². The van der Waals surface area contributed by atoms with Gasteiger partial charge in [0.05, 0.1) is 17.8 Å². The molecule has 4 rings (SSSR count). The largest absolute Gasteiger partial charge is 0.493 e. The number of rotatable bonds is 4. The van der Waals surface area contributed by atoms with Crippen molar-refractivity contribution in [3.8, 4) is 5.75 Å². The quantitative estimate of drug-likeness (QED) is 0.877. The molecule has 2 N–H and O–H groups in total. The first kappa shape index (κ1) is 15.7. The molecule has 0 amide bonds. The second-order valence-electron chi connectivity index (χ2n) is 6.34. The third-order valence-corrected chi connectivity index (χ3v) is 6.17. The van der Waals surface area contributed by atoms with Crippen LogP contribution < -0.4 is 9.46 Å². The van der Waals surface area contributed by atoms with Gasteiger partial charge in [0.1, 0.15) is 17.1 Å². The molecule has 0 radical (unpaired) electrons. The van der Waals surface area contributed by atoms with E-state index >= 15 is 0 Å². The van der Waals surface area contributed by atoms with Gasteiger partial charge in [-0.05, 0) is 42.7 Å². The first-order chi connectivity index (χ1) is 11.5. The molecule has 1 aliphatic carbocycles. The number of aliphatic hydroxyl groups is 1. The summed E-state index contributed by atoms with van der Waals surface area (Å²) < 4.78 is 38.5. The zero-order chi connectivity index (χ0) is 16.8. The van der Waals surface area contributed by atoms with E-state index in [0.29, 0.717) is 25.0 Å². The molecule has 0 saturated carbocycles. The zero-order valence-corrected chi connectivity index (χ0v) is 13.9. The molecule has 1 atom stereocenters. The van der Waals surface area contributed by atoms with Crippen LogP contribution in [0.25, 0.3) is 0 Å². The van der Waals surface area contributed by atoms with Gasteiger partial charge >= 0.3 is 0 Å². The molecule has 2 aromatic rings. The predicted octanol–water partition coefficient (Wildman–Crippen LogP) is 1.72. The van der Waals surface area contributed by atoms with Crippen LogP contribution in [0.15, 0.2) is 39.8 Å². The van der Waals surface area contributed by atoms with Crippen molar-refractivity contribution >= 4 is 10.0 Å². The number of benzene rings is 1. The summed E-state index contributed by atoms with van der Waals surface area (Å²) in [4.78, 5) is 0.193. The van der Waals surface area contributed by atoms with Crippen molar-refractivity contribution in [2.45, 2.75) is 36.2 Å². The maximum Gasteiger partial charge on any atom is 0.240 e. The zero-order valence-electron chi connectivity index (χ0n) is 13.1. The van der Waals surface area contributed by atoms with Gasteiger partial charge in [0.15, 0.2) is 0 Å². The van der Waals surface area contributed by atoms with E-state index in [2.05, 4.69) is 4.72 Å². The Morgan fingerprint density at radius 3 is 3.00 bits per heavy atom. The minimum Gasteiger partial charge on any atom is -0.493 e. The first-order valence-corrected chi connectivity index (χ1v) is 9.51. The molecule has 0 bridgehead atoms. The van der Waals surface area contributed by atoms with E-state index in [1.54, 1.807) is 18.2 Å². The van der Waals surface area contributed by atoms with E-state index < -0.39 is 15.6 Å². The molecule has 2 aliphatic rings. The highest BCUT2D eigenvalue weighted by molar-refractivity contribution is 7.89. The van der Waals surface area contributed by atoms with E-state index in [1.165, 1.54) is 12.3 Å². The van der Waals surface area contributed by atoms with Gasteiger partial charge in [-0.1, -0.05) is 0 Å². The van der Waals surface area contributed by atoms with Crippen molar-refractivity contribution in [3.05, 3.63) is 47.4 Å². The van der Waals surface area contributed by atoms with Gasteiger partial charge in [-0.15, -0.1) is 0 Å². The van der Waals surface area contributed by atoms with Crippen molar-refractivity contribution in [1.29, 1.82) is 0 Å². The monoisotopic (exact) mass is 349 g/mol. The fourth-order valence-corrected chi connectivity index (χ4v) is 4.58. The highest BCUT2D eigenvalue weighted by Gasteiger charge is 2.37. The Hall–Kier alpha value is -1.83. The topological polar surface area (TPSA) is 88.8 Å². The van der Waals surface area contributed by atoms with Crippen molar-refractivity contribution < 1.29 is 22.7 Å². The Morgan fingerprint density at radius 2 is 2.12 bits per heavy atom. The highest BCUT2D eigenvalue weighted by Crippen LogP contribution is 2.36. The molecule has 1 aliphatic heterocycles. The van der Waals surface area contributed by atoms with E-state index in [0.717, 1.165) is 29.9 Å². The number of fused-ring (bicyclic) bond motifs is 2. The summed E-state index contributed by atoms with van der Waals surface area (Å²) in [6.07, 6.45) is 4.27. The molecule has 6 nitrogen and oxygen atoms in total. The Kier molecular flexibility index (Phi) is 3.67. The number of nitrogens with one attached hydrogen (secondary N) is 1. The van der Waals surface area contributed by atoms with Gasteiger partial charge in [0, 0.05) is 24.9 Å². The fraction of sp³-hybridized carbons (Fsp3) is 0.412. The molecule has 0 spiro atoms. The minimum atomic E-state index is -3.70. The lowest BCUT2D eigenvalue weighted by Crippen LogP contribution is -2.42. The second kappa shape index (κ2) is 5.61. The number of hydrogen-bond acceptors (Lipinski definition) is 5. The van der Waals surface area contributed by atoms with E-state index in [-0.39, 0.29) is 11.4 Å². The summed E-state index contributed by atoms with van der Waals surface area (Å²) in [7, 11) is -3.70. The molecule has 0 saturated heterocycles. The molecule has 2 heterocycles. The van der Waals surface area contributed by atoms with E-state index in [9.17, 15) is 13.5 Å². The number of sulfonamides is 1. The summed E-state index contributed by atoms with van der Waals surface area (Å²) in [6, 6.07) is 6.56. The lowest BCUT2D eigenvalue weighted by atomic mass is 9.83. The molecule has 1 aromatic heterocycles. The van der Waals surface area contributed by atoms with Crippen LogP contribution in [0.1, 0.15) is 29.7 Å². The van der Waals surface area contributed by atoms with Crippen molar-refractivity contribution in [2.24, 2.45) is 0 Å². The first-order valence-electron chi connectivity index (χ1n) is 8.03. The molecular formula is C17H19NO5S. The van der Waals surface area contributed by atoms with Gasteiger partial charge in [-0.25, -0.2) is 13.1 Å². The van der Waals surface area contributed by atoms with Gasteiger partial charge in [-0.2, -0.15) is 0 Å². The Bertz CT molecular complexity index is 873. The standard InChI is InChI=1S/C17H19NO5S/c19-17(7-1-2-16-14(17)6-9-23-16)11-18-24(20,21)13-3-4-15-12(10-13)5-8-22-15/h3-4,6,9-10,18-19H,1-2,5,7-8,11H2. The average Bonchev–Trinajstić information content (AvgIpc) is 3.22. The maximum atomic E-state index is 12.6. The van der Waals surface area contributed by atoms with Crippen molar-refractivity contribution in [3.63, 3.8) is 0 Å². The van der Waals surface area contributed by atoms with E-state index in [1.807, 2.05) is 0 Å². The van der Waals surface area contributed by atoms with Crippen LogP contribution in [0.5, 0.6) is 5.75 Å². The highest BCUT2D eigenvalue weighted by atomic mass is 32.2. The van der Waals surface area contributed by atoms with Crippen LogP contribution in [0.4, 0.5) is 0 Å². The smallest absolute Gasteiger partial charge is 0.240 e. The average molecular weight is 349 g/mol. The summed E-state index contributed by atoms with van der Waals surface area (Å²) in [5.41, 5.74) is 0.346. The second-order valence-corrected chi connectivity index (χ2v) is 8.10. The van der Waals surface area contributed by atoms with Crippen LogP contribution in [0.2, 0.25) is 0 Å². The predicted molar refractivity (Wildman–Crippen MR) is 86.4 cm³/mol. The SMILES string of the molecule is O=S(=O)(NCC1(O)CCCc2occc21)c1ccc2c(c1)CCO2. The molecule has 128 valence electrons. The Labute approximate surface area is 140 Å². The molecule has 7 heteroatoms. The summed E-state index contributed by atoms with van der Waals surface area (Å²) in [5.74, 6) is 1.47. The molecule has 1 unspecified atom stereocenters. The van der Waals surface area contributed by atoms with Crippen LogP contribution in [-0.2, 0) is 28.5 Å². The summed E-state index contributed by atoms with van der Waals surface area (Å²) >= 11 is 0. The fourth-order valence-electron chi connectivity index (χ4n) is 3.44. The molecule has 1 aromatic carbocycles. The lowest BCUT2D eigenvalue weighted by molar-refractivity contribution is 0.0221. The number of hydrogen-bond donors (Lipinski definition) is 2. The van der Waals surface area contributed by atoms with Crippen LogP contribution >= 0.6 is 0 Å². The van der Waals surface area contributed by atoms with Gasteiger partial charge in [0.25, 0.3) is 0 Å². The third kappa shape index (κ3) is 2.62. The Morgan fingerprint density at radius 1 is 1.25 bits per heavy atom. The normalized spacial score (nSPS) is 22.7. The van der Waals surface area contributed by atoms with Crippen molar-refractivity contribution in [2.75, 3.05) is 13.2 Å². The van der Waals surface area contributed by atoms with Crippen LogP contribution in [-0.4, -0.2) is 26.7 Å². The lowest BCUT2D eigenvalue weighted by Gasteiger charge is -2.31. The number of aryl methyl sites for hydroxylation is 1. The molecular weight excluding hydrogens is 330 g/mol. The Balaban J connectivity index is 1.55. The van der Waals surface area contributed by atoms with Crippen LogP contribution in [0, 0.1) is 0 Å². The van der Waals surface area contributed by atoms with Gasteiger partial charge in [-0.3, -0.25) is 0 Å². The summed E-state index contributed by atoms with van der Waals surface area (Å²) in [5, 5.41) is 10.9. The third-order valence-electron chi connectivity index (χ3n) is 4.77. The summed E-state index contributed by atoms with van der Waals surface area (Å²) in [6.45, 7) is 0.505. The molecule has 24 heavy (non-hydrogen) atoms. The van der Waals surface area contributed by atoms with Gasteiger partial charge < -0.3 is 14.3 Å². The van der Waals surface area contributed by atoms with Crippen molar-refractivity contribution in [1.82, 2.24) is 4.72 Å². The van der Waals surface area contributed by atoms with E-state index in [4.69, 9.17) is 9.15 Å². The number of furan rings is 1. The maximum absolute atomic E-state index is 12.6. The molecule has 0 fully saturated rings. The number of ether oxygens (including phenoxy) is 1. The van der Waals surface area contributed by atoms with Gasteiger partial charge in [0.2, 0.25) is 10.0 Å².